The highest BCUT2D eigenvalue weighted by atomic mass is 15.0. The van der Waals surface area contributed by atoms with Crippen LogP contribution in [0.3, 0.4) is 0 Å². The fourth-order valence-electron chi connectivity index (χ4n) is 1.12. The molecular weight excluding hydrogens is 160 g/mol. The molecule has 80 valence electrons. The maximum absolute atomic E-state index is 3.54. The molecule has 0 spiro atoms. The normalized spacial score (nSPS) is 14.1. The SMILES string of the molecule is CC(C)C(C)NCCCCN(C)C. The second-order valence-electron chi connectivity index (χ2n) is 4.50. The van der Waals surface area contributed by atoms with Gasteiger partial charge in [0.15, 0.2) is 0 Å². The van der Waals surface area contributed by atoms with Gasteiger partial charge < -0.3 is 10.2 Å². The molecule has 1 unspecified atom stereocenters. The summed E-state index contributed by atoms with van der Waals surface area (Å²) in [5.74, 6) is 0.744. The number of hydrogen-bond donors (Lipinski definition) is 1. The lowest BCUT2D eigenvalue weighted by molar-refractivity contribution is 0.378. The smallest absolute Gasteiger partial charge is 0.00617 e. The van der Waals surface area contributed by atoms with Gasteiger partial charge in [-0.15, -0.1) is 0 Å². The van der Waals surface area contributed by atoms with E-state index in [1.165, 1.54) is 19.4 Å². The van der Waals surface area contributed by atoms with Crippen LogP contribution in [0.25, 0.3) is 0 Å². The molecule has 1 N–H and O–H groups in total. The van der Waals surface area contributed by atoms with Crippen LogP contribution in [-0.2, 0) is 0 Å². The summed E-state index contributed by atoms with van der Waals surface area (Å²) in [6.45, 7) is 9.15. The fourth-order valence-corrected chi connectivity index (χ4v) is 1.12. The molecule has 0 bridgehead atoms. The molecule has 0 aliphatic heterocycles. The molecule has 0 aliphatic carbocycles. The monoisotopic (exact) mass is 186 g/mol. The van der Waals surface area contributed by atoms with Crippen LogP contribution in [0.1, 0.15) is 33.6 Å². The standard InChI is InChI=1S/C11H26N2/c1-10(2)11(3)12-8-6-7-9-13(4)5/h10-12H,6-9H2,1-5H3. The molecule has 13 heavy (non-hydrogen) atoms. The van der Waals surface area contributed by atoms with Gasteiger partial charge in [0.05, 0.1) is 0 Å². The third kappa shape index (κ3) is 8.26. The summed E-state index contributed by atoms with van der Waals surface area (Å²) in [6, 6.07) is 0.652. The Hall–Kier alpha value is -0.0800. The van der Waals surface area contributed by atoms with Gasteiger partial charge in [0.25, 0.3) is 0 Å². The van der Waals surface area contributed by atoms with Crippen molar-refractivity contribution >= 4 is 0 Å². The van der Waals surface area contributed by atoms with E-state index in [1.54, 1.807) is 0 Å². The van der Waals surface area contributed by atoms with Gasteiger partial charge in [-0.25, -0.2) is 0 Å². The second-order valence-corrected chi connectivity index (χ2v) is 4.50. The van der Waals surface area contributed by atoms with Crippen molar-refractivity contribution in [2.24, 2.45) is 5.92 Å². The van der Waals surface area contributed by atoms with Crippen LogP contribution in [0.15, 0.2) is 0 Å². The fraction of sp³-hybridized carbons (Fsp3) is 1.00. The third-order valence-electron chi connectivity index (χ3n) is 2.50. The van der Waals surface area contributed by atoms with Crippen molar-refractivity contribution in [2.75, 3.05) is 27.2 Å². The van der Waals surface area contributed by atoms with Gasteiger partial charge in [-0.2, -0.15) is 0 Å². The van der Waals surface area contributed by atoms with E-state index in [2.05, 4.69) is 45.1 Å². The summed E-state index contributed by atoms with van der Waals surface area (Å²) >= 11 is 0. The summed E-state index contributed by atoms with van der Waals surface area (Å²) < 4.78 is 0. The maximum Gasteiger partial charge on any atom is 0.00617 e. The van der Waals surface area contributed by atoms with Gasteiger partial charge in [-0.05, 0) is 52.9 Å². The van der Waals surface area contributed by atoms with E-state index in [0.717, 1.165) is 12.5 Å². The molecule has 0 rings (SSSR count). The molecule has 0 radical (unpaired) electrons. The average Bonchev–Trinajstić information content (AvgIpc) is 2.02. The van der Waals surface area contributed by atoms with Crippen molar-refractivity contribution in [3.05, 3.63) is 0 Å². The first-order valence-corrected chi connectivity index (χ1v) is 5.42. The van der Waals surface area contributed by atoms with Gasteiger partial charge in [0.1, 0.15) is 0 Å². The van der Waals surface area contributed by atoms with Gasteiger partial charge in [0.2, 0.25) is 0 Å². The molecule has 0 aromatic rings. The zero-order chi connectivity index (χ0) is 10.3. The Balaban J connectivity index is 3.16. The van der Waals surface area contributed by atoms with Crippen molar-refractivity contribution in [2.45, 2.75) is 39.7 Å². The van der Waals surface area contributed by atoms with E-state index in [0.29, 0.717) is 6.04 Å². The Morgan fingerprint density at radius 2 is 1.69 bits per heavy atom. The highest BCUT2D eigenvalue weighted by Gasteiger charge is 2.04. The largest absolute Gasteiger partial charge is 0.314 e. The lowest BCUT2D eigenvalue weighted by Gasteiger charge is -2.17. The number of hydrogen-bond acceptors (Lipinski definition) is 2. The van der Waals surface area contributed by atoms with E-state index in [1.807, 2.05) is 0 Å². The van der Waals surface area contributed by atoms with Crippen molar-refractivity contribution in [3.8, 4) is 0 Å². The Morgan fingerprint density at radius 1 is 1.08 bits per heavy atom. The molecule has 0 heterocycles. The van der Waals surface area contributed by atoms with E-state index >= 15 is 0 Å². The van der Waals surface area contributed by atoms with Crippen molar-refractivity contribution < 1.29 is 0 Å². The second kappa shape index (κ2) is 7.34. The minimum atomic E-state index is 0.652. The highest BCUT2D eigenvalue weighted by Crippen LogP contribution is 1.99. The Morgan fingerprint density at radius 3 is 2.15 bits per heavy atom. The molecule has 1 atom stereocenters. The minimum absolute atomic E-state index is 0.652. The Kier molecular flexibility index (Phi) is 7.29. The quantitative estimate of drug-likeness (QED) is 0.612. The summed E-state index contributed by atoms with van der Waals surface area (Å²) in [6.07, 6.45) is 2.58. The van der Waals surface area contributed by atoms with Gasteiger partial charge >= 0.3 is 0 Å². The van der Waals surface area contributed by atoms with Gasteiger partial charge in [0, 0.05) is 6.04 Å². The number of rotatable bonds is 7. The van der Waals surface area contributed by atoms with Crippen LogP contribution < -0.4 is 5.32 Å². The zero-order valence-electron chi connectivity index (χ0n) is 9.93. The van der Waals surface area contributed by atoms with Crippen molar-refractivity contribution in [3.63, 3.8) is 0 Å². The Bertz CT molecular complexity index is 111. The predicted molar refractivity (Wildman–Crippen MR) is 60.1 cm³/mol. The van der Waals surface area contributed by atoms with Crippen LogP contribution in [0.5, 0.6) is 0 Å². The topological polar surface area (TPSA) is 15.3 Å². The van der Waals surface area contributed by atoms with Crippen LogP contribution in [0.4, 0.5) is 0 Å². The van der Waals surface area contributed by atoms with E-state index in [4.69, 9.17) is 0 Å². The van der Waals surface area contributed by atoms with Crippen molar-refractivity contribution in [1.29, 1.82) is 0 Å². The minimum Gasteiger partial charge on any atom is -0.314 e. The summed E-state index contributed by atoms with van der Waals surface area (Å²) in [7, 11) is 4.26. The molecule has 0 saturated heterocycles. The molecule has 0 aliphatic rings. The van der Waals surface area contributed by atoms with Gasteiger partial charge in [-0.1, -0.05) is 13.8 Å². The highest BCUT2D eigenvalue weighted by molar-refractivity contribution is 4.63. The summed E-state index contributed by atoms with van der Waals surface area (Å²) in [5, 5.41) is 3.54. The third-order valence-corrected chi connectivity index (χ3v) is 2.50. The lowest BCUT2D eigenvalue weighted by Crippen LogP contribution is -2.31. The Labute approximate surface area is 83.7 Å². The zero-order valence-corrected chi connectivity index (χ0v) is 9.93. The first kappa shape index (κ1) is 12.9. The number of nitrogens with zero attached hydrogens (tertiary/aromatic N) is 1. The molecule has 2 heteroatoms. The first-order valence-electron chi connectivity index (χ1n) is 5.42. The molecular formula is C11H26N2. The summed E-state index contributed by atoms with van der Waals surface area (Å²) in [4.78, 5) is 2.24. The van der Waals surface area contributed by atoms with Gasteiger partial charge in [-0.3, -0.25) is 0 Å². The lowest BCUT2D eigenvalue weighted by atomic mass is 10.1. The first-order chi connectivity index (χ1) is 6.04. The number of nitrogens with one attached hydrogen (secondary N) is 1. The molecule has 0 aromatic carbocycles. The van der Waals surface area contributed by atoms with Crippen LogP contribution in [0.2, 0.25) is 0 Å². The van der Waals surface area contributed by atoms with Crippen LogP contribution in [-0.4, -0.2) is 38.1 Å². The van der Waals surface area contributed by atoms with E-state index in [-0.39, 0.29) is 0 Å². The molecule has 0 aromatic heterocycles. The van der Waals surface area contributed by atoms with E-state index < -0.39 is 0 Å². The summed E-state index contributed by atoms with van der Waals surface area (Å²) in [5.41, 5.74) is 0. The predicted octanol–water partition coefficient (Wildman–Crippen LogP) is 1.96. The number of unbranched alkanes of at least 4 members (excludes halogenated alkanes) is 1. The molecule has 0 fully saturated rings. The molecule has 0 amide bonds. The maximum atomic E-state index is 3.54. The van der Waals surface area contributed by atoms with Crippen LogP contribution in [0, 0.1) is 5.92 Å². The molecule has 0 saturated carbocycles. The van der Waals surface area contributed by atoms with Crippen molar-refractivity contribution in [1.82, 2.24) is 10.2 Å². The average molecular weight is 186 g/mol. The van der Waals surface area contributed by atoms with E-state index in [9.17, 15) is 0 Å². The molecule has 2 nitrogen and oxygen atoms in total. The van der Waals surface area contributed by atoms with Crippen LogP contribution >= 0.6 is 0 Å².